The molecule has 130 valence electrons. The van der Waals surface area contributed by atoms with Crippen molar-refractivity contribution in [1.29, 1.82) is 0 Å². The average Bonchev–Trinajstić information content (AvgIpc) is 2.45. The first-order chi connectivity index (χ1) is 9.88. The van der Waals surface area contributed by atoms with Crippen molar-refractivity contribution in [1.82, 2.24) is 10.2 Å². The highest BCUT2D eigenvalue weighted by Crippen LogP contribution is 2.26. The number of nitrogens with zero attached hydrogens (tertiary/aromatic N) is 1. The van der Waals surface area contributed by atoms with E-state index in [1.54, 1.807) is 0 Å². The van der Waals surface area contributed by atoms with Crippen molar-refractivity contribution in [2.45, 2.75) is 65.5 Å². The van der Waals surface area contributed by atoms with Crippen molar-refractivity contribution in [2.24, 2.45) is 17.6 Å². The Hall–Kier alpha value is -0.810. The van der Waals surface area contributed by atoms with Gasteiger partial charge in [-0.3, -0.25) is 9.59 Å². The molecule has 1 heterocycles. The minimum atomic E-state index is -0.551. The maximum Gasteiger partial charge on any atom is 0.242 e. The Morgan fingerprint density at radius 1 is 1.36 bits per heavy atom. The number of nitrogens with one attached hydrogen (secondary N) is 1. The van der Waals surface area contributed by atoms with E-state index in [-0.39, 0.29) is 36.7 Å². The van der Waals surface area contributed by atoms with Crippen LogP contribution in [0.1, 0.15) is 53.4 Å². The molecule has 0 aromatic carbocycles. The summed E-state index contributed by atoms with van der Waals surface area (Å²) >= 11 is 0. The first-order valence-corrected chi connectivity index (χ1v) is 8.21. The summed E-state index contributed by atoms with van der Waals surface area (Å²) in [5.41, 5.74) is 5.78. The summed E-state index contributed by atoms with van der Waals surface area (Å²) in [7, 11) is 0. The van der Waals surface area contributed by atoms with Gasteiger partial charge in [0.05, 0.1) is 12.6 Å². The highest BCUT2D eigenvalue weighted by molar-refractivity contribution is 5.87. The molecule has 0 aromatic rings. The van der Waals surface area contributed by atoms with Crippen LogP contribution in [-0.4, -0.2) is 41.9 Å². The molecular formula is C16H32ClN3O2. The Morgan fingerprint density at radius 2 is 2.00 bits per heavy atom. The third-order valence-electron chi connectivity index (χ3n) is 4.46. The van der Waals surface area contributed by atoms with Gasteiger partial charge in [-0.25, -0.2) is 0 Å². The lowest BCUT2D eigenvalue weighted by atomic mass is 9.88. The van der Waals surface area contributed by atoms with Crippen LogP contribution < -0.4 is 11.1 Å². The van der Waals surface area contributed by atoms with E-state index in [2.05, 4.69) is 19.2 Å². The molecule has 22 heavy (non-hydrogen) atoms. The fraction of sp³-hybridized carbons (Fsp3) is 0.875. The van der Waals surface area contributed by atoms with Crippen LogP contribution in [-0.2, 0) is 9.59 Å². The van der Waals surface area contributed by atoms with Crippen molar-refractivity contribution in [3.8, 4) is 0 Å². The molecule has 0 aromatic heterocycles. The summed E-state index contributed by atoms with van der Waals surface area (Å²) < 4.78 is 0. The minimum Gasteiger partial charge on any atom is -0.346 e. The largest absolute Gasteiger partial charge is 0.346 e. The molecule has 1 aliphatic rings. The highest BCUT2D eigenvalue weighted by Gasteiger charge is 2.31. The molecule has 5 nitrogen and oxygen atoms in total. The van der Waals surface area contributed by atoms with Gasteiger partial charge < -0.3 is 16.0 Å². The smallest absolute Gasteiger partial charge is 0.242 e. The fourth-order valence-electron chi connectivity index (χ4n) is 2.98. The van der Waals surface area contributed by atoms with Crippen molar-refractivity contribution < 1.29 is 9.59 Å². The van der Waals surface area contributed by atoms with E-state index in [0.29, 0.717) is 12.0 Å². The number of carbonyl (C=O) groups is 2. The van der Waals surface area contributed by atoms with Gasteiger partial charge in [0.25, 0.3) is 0 Å². The Balaban J connectivity index is 0.00000441. The van der Waals surface area contributed by atoms with Gasteiger partial charge in [0.15, 0.2) is 0 Å². The van der Waals surface area contributed by atoms with Crippen LogP contribution in [0.15, 0.2) is 0 Å². The van der Waals surface area contributed by atoms with E-state index in [0.717, 1.165) is 25.8 Å². The number of carbonyl (C=O) groups excluding carboxylic acids is 2. The van der Waals surface area contributed by atoms with E-state index in [4.69, 9.17) is 5.73 Å². The molecule has 1 fully saturated rings. The molecule has 0 spiro atoms. The zero-order valence-corrected chi connectivity index (χ0v) is 15.1. The number of piperidine rings is 1. The number of hydrogen-bond donors (Lipinski definition) is 2. The Kier molecular flexibility index (Phi) is 9.69. The average molecular weight is 334 g/mol. The Labute approximate surface area is 140 Å². The van der Waals surface area contributed by atoms with Crippen LogP contribution in [0.2, 0.25) is 0 Å². The molecule has 1 aliphatic heterocycles. The van der Waals surface area contributed by atoms with E-state index >= 15 is 0 Å². The van der Waals surface area contributed by atoms with Gasteiger partial charge in [-0.2, -0.15) is 0 Å². The summed E-state index contributed by atoms with van der Waals surface area (Å²) in [5.74, 6) is 0.388. The molecule has 0 saturated carbocycles. The third-order valence-corrected chi connectivity index (χ3v) is 4.46. The molecule has 0 aliphatic carbocycles. The van der Waals surface area contributed by atoms with Gasteiger partial charge >= 0.3 is 0 Å². The van der Waals surface area contributed by atoms with E-state index < -0.39 is 6.04 Å². The number of likely N-dealkylation sites (tertiary alicyclic amines) is 1. The second-order valence-corrected chi connectivity index (χ2v) is 6.55. The van der Waals surface area contributed by atoms with Crippen LogP contribution in [0, 0.1) is 11.8 Å². The predicted molar refractivity (Wildman–Crippen MR) is 91.9 cm³/mol. The molecule has 1 saturated heterocycles. The molecule has 0 bridgehead atoms. The fourth-order valence-corrected chi connectivity index (χ4v) is 2.98. The molecule has 3 N–H and O–H groups in total. The molecule has 2 amide bonds. The summed E-state index contributed by atoms with van der Waals surface area (Å²) in [4.78, 5) is 26.2. The zero-order chi connectivity index (χ0) is 16.0. The summed E-state index contributed by atoms with van der Waals surface area (Å²) in [6.07, 6.45) is 4.33. The molecular weight excluding hydrogens is 302 g/mol. The van der Waals surface area contributed by atoms with Crippen LogP contribution >= 0.6 is 12.4 Å². The third kappa shape index (κ3) is 5.76. The van der Waals surface area contributed by atoms with Crippen LogP contribution in [0.25, 0.3) is 0 Å². The summed E-state index contributed by atoms with van der Waals surface area (Å²) in [6, 6.07) is -0.239. The highest BCUT2D eigenvalue weighted by atomic mass is 35.5. The van der Waals surface area contributed by atoms with Gasteiger partial charge in [0, 0.05) is 12.6 Å². The topological polar surface area (TPSA) is 75.4 Å². The normalized spacial score (nSPS) is 22.9. The van der Waals surface area contributed by atoms with Gasteiger partial charge in [-0.1, -0.05) is 34.1 Å². The minimum absolute atomic E-state index is 0. The summed E-state index contributed by atoms with van der Waals surface area (Å²) in [6.45, 7) is 9.03. The maximum atomic E-state index is 12.4. The first kappa shape index (κ1) is 21.2. The predicted octanol–water partition coefficient (Wildman–Crippen LogP) is 1.93. The number of hydrogen-bond acceptors (Lipinski definition) is 3. The van der Waals surface area contributed by atoms with Gasteiger partial charge in [0.2, 0.25) is 11.8 Å². The van der Waals surface area contributed by atoms with Gasteiger partial charge in [-0.05, 0) is 31.1 Å². The van der Waals surface area contributed by atoms with Crippen LogP contribution in [0.3, 0.4) is 0 Å². The van der Waals surface area contributed by atoms with Gasteiger partial charge in [-0.15, -0.1) is 12.4 Å². The first-order valence-electron chi connectivity index (χ1n) is 8.21. The number of halogens is 1. The van der Waals surface area contributed by atoms with Crippen molar-refractivity contribution in [3.63, 3.8) is 0 Å². The lowest BCUT2D eigenvalue weighted by Crippen LogP contribution is -2.52. The lowest BCUT2D eigenvalue weighted by molar-refractivity contribution is -0.137. The second-order valence-electron chi connectivity index (χ2n) is 6.55. The quantitative estimate of drug-likeness (QED) is 0.780. The standard InChI is InChI=1S/C16H31N3O2.ClH/c1-5-7-13-12(4)8-6-9-19(13)14(20)10-18-16(21)15(17)11(2)3;/h11-13,15H,5-10,17H2,1-4H3,(H,18,21);1H/t12?,13?,15-;/m0./s1. The van der Waals surface area contributed by atoms with E-state index in [9.17, 15) is 9.59 Å². The summed E-state index contributed by atoms with van der Waals surface area (Å²) in [5, 5.41) is 2.68. The Morgan fingerprint density at radius 3 is 2.55 bits per heavy atom. The van der Waals surface area contributed by atoms with Crippen LogP contribution in [0.4, 0.5) is 0 Å². The molecule has 6 heteroatoms. The lowest BCUT2D eigenvalue weighted by Gasteiger charge is -2.40. The maximum absolute atomic E-state index is 12.4. The number of amides is 2. The van der Waals surface area contributed by atoms with Crippen molar-refractivity contribution in [2.75, 3.05) is 13.1 Å². The van der Waals surface area contributed by atoms with Gasteiger partial charge in [0.1, 0.15) is 0 Å². The molecule has 2 unspecified atom stereocenters. The zero-order valence-electron chi connectivity index (χ0n) is 14.3. The SMILES string of the molecule is CCCC1C(C)CCCN1C(=O)CNC(=O)[C@@H](N)C(C)C.Cl. The second kappa shape index (κ2) is 10.1. The van der Waals surface area contributed by atoms with E-state index in [1.165, 1.54) is 6.42 Å². The molecule has 3 atom stereocenters. The molecule has 0 radical (unpaired) electrons. The van der Waals surface area contributed by atoms with Crippen LogP contribution in [0.5, 0.6) is 0 Å². The number of rotatable bonds is 6. The number of nitrogens with two attached hydrogens (primary N) is 1. The van der Waals surface area contributed by atoms with Crippen molar-refractivity contribution in [3.05, 3.63) is 0 Å². The molecule has 1 rings (SSSR count). The van der Waals surface area contributed by atoms with E-state index in [1.807, 2.05) is 18.7 Å². The Bertz CT molecular complexity index is 363. The monoisotopic (exact) mass is 333 g/mol. The van der Waals surface area contributed by atoms with Crippen molar-refractivity contribution >= 4 is 24.2 Å².